The van der Waals surface area contributed by atoms with Gasteiger partial charge in [-0.15, -0.1) is 5.10 Å². The van der Waals surface area contributed by atoms with Crippen LogP contribution in [0.25, 0.3) is 22.3 Å². The predicted molar refractivity (Wildman–Crippen MR) is 96.9 cm³/mol. The first kappa shape index (κ1) is 15.5. The Bertz CT molecular complexity index is 1010. The Morgan fingerprint density at radius 3 is 2.96 bits per heavy atom. The molecule has 3 heterocycles. The third kappa shape index (κ3) is 3.27. The van der Waals surface area contributed by atoms with Crippen molar-refractivity contribution in [1.82, 2.24) is 25.3 Å². The van der Waals surface area contributed by atoms with Crippen molar-refractivity contribution in [2.45, 2.75) is 13.1 Å². The summed E-state index contributed by atoms with van der Waals surface area (Å²) in [5, 5.41) is 15.1. The van der Waals surface area contributed by atoms with Gasteiger partial charge >= 0.3 is 0 Å². The van der Waals surface area contributed by atoms with Crippen LogP contribution in [-0.2, 0) is 17.9 Å². The van der Waals surface area contributed by atoms with Gasteiger partial charge in [0.05, 0.1) is 11.2 Å². The number of rotatable bonds is 5. The molecule has 0 saturated carbocycles. The van der Waals surface area contributed by atoms with Crippen molar-refractivity contribution in [2.75, 3.05) is 0 Å². The van der Waals surface area contributed by atoms with Crippen LogP contribution in [0.1, 0.15) is 5.56 Å². The normalized spacial score (nSPS) is 10.9. The number of para-hydroxylation sites is 1. The van der Waals surface area contributed by atoms with E-state index >= 15 is 0 Å². The highest BCUT2D eigenvalue weighted by molar-refractivity contribution is 7.08. The molecule has 1 amide bonds. The number of hydrogen-bond acceptors (Lipinski definition) is 5. The Morgan fingerprint density at radius 2 is 2.08 bits per heavy atom. The van der Waals surface area contributed by atoms with E-state index in [1.165, 1.54) is 0 Å². The third-order valence-electron chi connectivity index (χ3n) is 3.88. The average Bonchev–Trinajstić information content (AvgIpc) is 3.31. The highest BCUT2D eigenvalue weighted by atomic mass is 32.1. The summed E-state index contributed by atoms with van der Waals surface area (Å²) in [6, 6.07) is 13.5. The van der Waals surface area contributed by atoms with Crippen molar-refractivity contribution < 1.29 is 4.79 Å². The van der Waals surface area contributed by atoms with Crippen molar-refractivity contribution in [1.29, 1.82) is 0 Å². The number of carbonyl (C=O) groups excluding carboxylic acids is 1. The summed E-state index contributed by atoms with van der Waals surface area (Å²) in [6.45, 7) is 0.555. The molecular formula is C18H15N5OS. The maximum Gasteiger partial charge on any atom is 0.242 e. The molecule has 4 rings (SSSR count). The largest absolute Gasteiger partial charge is 0.350 e. The fourth-order valence-corrected chi connectivity index (χ4v) is 3.30. The van der Waals surface area contributed by atoms with Gasteiger partial charge in [-0.05, 0) is 35.2 Å². The molecule has 0 saturated heterocycles. The highest BCUT2D eigenvalue weighted by Crippen LogP contribution is 2.23. The van der Waals surface area contributed by atoms with Gasteiger partial charge in [0.1, 0.15) is 12.1 Å². The van der Waals surface area contributed by atoms with Gasteiger partial charge in [0.25, 0.3) is 0 Å². The van der Waals surface area contributed by atoms with E-state index in [4.69, 9.17) is 0 Å². The van der Waals surface area contributed by atoms with Gasteiger partial charge in [0.2, 0.25) is 5.91 Å². The summed E-state index contributed by atoms with van der Waals surface area (Å²) in [7, 11) is 0. The fourth-order valence-electron chi connectivity index (χ4n) is 2.66. The van der Waals surface area contributed by atoms with Crippen molar-refractivity contribution in [3.63, 3.8) is 0 Å². The maximum absolute atomic E-state index is 12.3. The van der Waals surface area contributed by atoms with Crippen molar-refractivity contribution >= 4 is 28.3 Å². The van der Waals surface area contributed by atoms with E-state index in [2.05, 4.69) is 26.0 Å². The zero-order valence-corrected chi connectivity index (χ0v) is 14.1. The lowest BCUT2D eigenvalue weighted by molar-refractivity contribution is -0.121. The molecule has 0 aliphatic carbocycles. The molecule has 4 aromatic rings. The van der Waals surface area contributed by atoms with Crippen LogP contribution in [-0.4, -0.2) is 25.9 Å². The van der Waals surface area contributed by atoms with E-state index in [0.717, 1.165) is 27.9 Å². The number of nitrogens with one attached hydrogen (secondary N) is 1. The van der Waals surface area contributed by atoms with Gasteiger partial charge in [-0.1, -0.05) is 23.4 Å². The third-order valence-corrected chi connectivity index (χ3v) is 4.56. The predicted octanol–water partition coefficient (Wildman–Crippen LogP) is 2.87. The molecule has 0 spiro atoms. The second-order valence-corrected chi connectivity index (χ2v) is 6.32. The first-order valence-corrected chi connectivity index (χ1v) is 8.77. The minimum atomic E-state index is -0.115. The molecule has 6 nitrogen and oxygen atoms in total. The summed E-state index contributed by atoms with van der Waals surface area (Å²) in [6.07, 6.45) is 1.76. The van der Waals surface area contributed by atoms with E-state index in [0.29, 0.717) is 6.54 Å². The van der Waals surface area contributed by atoms with Crippen LogP contribution in [0, 0.1) is 0 Å². The first-order chi connectivity index (χ1) is 12.3. The van der Waals surface area contributed by atoms with Crippen LogP contribution in [0.2, 0.25) is 0 Å². The zero-order chi connectivity index (χ0) is 17.1. The topological polar surface area (TPSA) is 72.7 Å². The maximum atomic E-state index is 12.3. The number of fused-ring (bicyclic) bond motifs is 1. The fraction of sp³-hybridized carbons (Fsp3) is 0.111. The molecule has 0 fully saturated rings. The van der Waals surface area contributed by atoms with Crippen LogP contribution >= 0.6 is 11.3 Å². The van der Waals surface area contributed by atoms with Crippen molar-refractivity contribution in [3.8, 4) is 11.3 Å². The molecule has 3 aromatic heterocycles. The van der Waals surface area contributed by atoms with Gasteiger partial charge in [-0.2, -0.15) is 11.3 Å². The zero-order valence-electron chi connectivity index (χ0n) is 13.3. The summed E-state index contributed by atoms with van der Waals surface area (Å²) >= 11 is 1.63. The molecule has 1 N–H and O–H groups in total. The van der Waals surface area contributed by atoms with Gasteiger partial charge in [0.15, 0.2) is 0 Å². The lowest BCUT2D eigenvalue weighted by Gasteiger charge is -2.09. The molecule has 0 aliphatic heterocycles. The summed E-state index contributed by atoms with van der Waals surface area (Å²) in [4.78, 5) is 16.8. The minimum Gasteiger partial charge on any atom is -0.350 e. The number of thiophene rings is 1. The van der Waals surface area contributed by atoms with E-state index in [9.17, 15) is 4.79 Å². The van der Waals surface area contributed by atoms with Crippen LogP contribution in [0.3, 0.4) is 0 Å². The molecule has 0 radical (unpaired) electrons. The van der Waals surface area contributed by atoms with Crippen LogP contribution in [0.5, 0.6) is 0 Å². The van der Waals surface area contributed by atoms with Gasteiger partial charge in [-0.3, -0.25) is 9.78 Å². The number of nitrogens with zero attached hydrogens (tertiary/aromatic N) is 4. The molecule has 0 bridgehead atoms. The van der Waals surface area contributed by atoms with E-state index in [1.807, 2.05) is 47.8 Å². The smallest absolute Gasteiger partial charge is 0.242 e. The van der Waals surface area contributed by atoms with Crippen LogP contribution in [0.4, 0.5) is 0 Å². The number of amides is 1. The molecule has 25 heavy (non-hydrogen) atoms. The average molecular weight is 349 g/mol. The second-order valence-electron chi connectivity index (χ2n) is 5.54. The minimum absolute atomic E-state index is 0.115. The van der Waals surface area contributed by atoms with E-state index < -0.39 is 0 Å². The Balaban J connectivity index is 1.46. The van der Waals surface area contributed by atoms with E-state index in [1.54, 1.807) is 22.2 Å². The molecule has 0 unspecified atom stereocenters. The lowest BCUT2D eigenvalue weighted by atomic mass is 10.1. The molecular weight excluding hydrogens is 334 g/mol. The number of carbonyl (C=O) groups is 1. The Morgan fingerprint density at radius 1 is 1.16 bits per heavy atom. The standard InChI is InChI=1S/C18H15N5OS/c24-17(11-23-16-6-2-1-5-15(16)21-22-23)20-10-13-4-3-8-19-18(13)14-7-9-25-12-14/h1-9,12H,10-11H2,(H,20,24). The first-order valence-electron chi connectivity index (χ1n) is 7.82. The van der Waals surface area contributed by atoms with Crippen molar-refractivity contribution in [3.05, 3.63) is 65.0 Å². The van der Waals surface area contributed by atoms with Gasteiger partial charge in [0, 0.05) is 23.7 Å². The summed E-state index contributed by atoms with van der Waals surface area (Å²) < 4.78 is 1.60. The Labute approximate surface area is 148 Å². The van der Waals surface area contributed by atoms with Crippen LogP contribution < -0.4 is 5.32 Å². The molecule has 1 aromatic carbocycles. The Hall–Kier alpha value is -3.06. The number of aromatic nitrogens is 4. The monoisotopic (exact) mass is 349 g/mol. The quantitative estimate of drug-likeness (QED) is 0.601. The molecule has 124 valence electrons. The van der Waals surface area contributed by atoms with Crippen molar-refractivity contribution in [2.24, 2.45) is 0 Å². The highest BCUT2D eigenvalue weighted by Gasteiger charge is 2.11. The number of pyridine rings is 1. The number of benzene rings is 1. The SMILES string of the molecule is O=C(Cn1nnc2ccccc21)NCc1cccnc1-c1ccsc1. The Kier molecular flexibility index (Phi) is 4.22. The summed E-state index contributed by atoms with van der Waals surface area (Å²) in [5.74, 6) is -0.115. The van der Waals surface area contributed by atoms with Crippen LogP contribution in [0.15, 0.2) is 59.4 Å². The van der Waals surface area contributed by atoms with E-state index in [-0.39, 0.29) is 12.5 Å². The summed E-state index contributed by atoms with van der Waals surface area (Å²) in [5.41, 5.74) is 4.57. The van der Waals surface area contributed by atoms with Gasteiger partial charge in [-0.25, -0.2) is 4.68 Å². The second kappa shape index (κ2) is 6.82. The van der Waals surface area contributed by atoms with Gasteiger partial charge < -0.3 is 5.32 Å². The lowest BCUT2D eigenvalue weighted by Crippen LogP contribution is -2.27. The molecule has 7 heteroatoms. The number of hydrogen-bond donors (Lipinski definition) is 1. The molecule has 0 atom stereocenters. The molecule has 0 aliphatic rings.